The van der Waals surface area contributed by atoms with E-state index in [9.17, 15) is 10.2 Å². The molecule has 2 atom stereocenters. The standard InChI is InChI=1S/C8H14N4O3/c9-7-8(10)12-4(3-11-7)6(15)5(14)1-2-13/h3,5-6,13-15H,1-2H2,(H2,9,11)(H2,10,12). The lowest BCUT2D eigenvalue weighted by molar-refractivity contribution is 0.00181. The second kappa shape index (κ2) is 4.87. The van der Waals surface area contributed by atoms with Crippen LogP contribution < -0.4 is 11.5 Å². The van der Waals surface area contributed by atoms with E-state index in [2.05, 4.69) is 9.97 Å². The second-order valence-electron chi connectivity index (χ2n) is 3.09. The highest BCUT2D eigenvalue weighted by Gasteiger charge is 2.20. The highest BCUT2D eigenvalue weighted by molar-refractivity contribution is 5.51. The van der Waals surface area contributed by atoms with Gasteiger partial charge in [-0.25, -0.2) is 9.97 Å². The molecule has 7 nitrogen and oxygen atoms in total. The average molecular weight is 214 g/mol. The van der Waals surface area contributed by atoms with Crippen molar-refractivity contribution in [2.24, 2.45) is 0 Å². The molecule has 7 heteroatoms. The zero-order valence-corrected chi connectivity index (χ0v) is 8.04. The Labute approximate surface area is 86.4 Å². The Balaban J connectivity index is 2.81. The van der Waals surface area contributed by atoms with Crippen molar-refractivity contribution < 1.29 is 15.3 Å². The molecule has 0 saturated heterocycles. The molecule has 1 rings (SSSR count). The molecule has 15 heavy (non-hydrogen) atoms. The van der Waals surface area contributed by atoms with Crippen LogP contribution in [0, 0.1) is 0 Å². The predicted octanol–water partition coefficient (Wildman–Crippen LogP) is -1.58. The molecule has 7 N–H and O–H groups in total. The highest BCUT2D eigenvalue weighted by Crippen LogP contribution is 2.18. The highest BCUT2D eigenvalue weighted by atomic mass is 16.3. The van der Waals surface area contributed by atoms with Gasteiger partial charge in [0, 0.05) is 6.61 Å². The zero-order chi connectivity index (χ0) is 11.4. The number of aliphatic hydroxyl groups excluding tert-OH is 3. The Morgan fingerprint density at radius 3 is 2.47 bits per heavy atom. The lowest BCUT2D eigenvalue weighted by atomic mass is 10.1. The molecule has 0 amide bonds. The number of aromatic nitrogens is 2. The SMILES string of the molecule is Nc1ncc(C(O)C(O)CCO)nc1N. The molecule has 0 aromatic carbocycles. The van der Waals surface area contributed by atoms with Gasteiger partial charge in [-0.1, -0.05) is 0 Å². The summed E-state index contributed by atoms with van der Waals surface area (Å²) < 4.78 is 0. The van der Waals surface area contributed by atoms with Crippen LogP contribution in [0.1, 0.15) is 18.2 Å². The average Bonchev–Trinajstić information content (AvgIpc) is 2.21. The third-order valence-corrected chi connectivity index (χ3v) is 1.94. The van der Waals surface area contributed by atoms with Gasteiger partial charge in [-0.2, -0.15) is 0 Å². The third-order valence-electron chi connectivity index (χ3n) is 1.94. The first kappa shape index (κ1) is 11.6. The molecule has 1 aromatic heterocycles. The first-order chi connectivity index (χ1) is 7.06. The summed E-state index contributed by atoms with van der Waals surface area (Å²) in [5.41, 5.74) is 10.9. The monoisotopic (exact) mass is 214 g/mol. The fraction of sp³-hybridized carbons (Fsp3) is 0.500. The number of anilines is 2. The molecule has 0 aliphatic heterocycles. The Hall–Kier alpha value is -1.44. The molecule has 0 spiro atoms. The Kier molecular flexibility index (Phi) is 3.78. The summed E-state index contributed by atoms with van der Waals surface area (Å²) >= 11 is 0. The molecule has 84 valence electrons. The van der Waals surface area contributed by atoms with Gasteiger partial charge in [0.05, 0.1) is 18.0 Å². The van der Waals surface area contributed by atoms with Crippen molar-refractivity contribution in [2.75, 3.05) is 18.1 Å². The van der Waals surface area contributed by atoms with Gasteiger partial charge in [-0.05, 0) is 6.42 Å². The maximum absolute atomic E-state index is 9.58. The molecule has 1 aromatic rings. The fourth-order valence-corrected chi connectivity index (χ4v) is 1.06. The molecule has 0 saturated carbocycles. The van der Waals surface area contributed by atoms with E-state index in [1.807, 2.05) is 0 Å². The van der Waals surface area contributed by atoms with E-state index in [1.54, 1.807) is 0 Å². The van der Waals surface area contributed by atoms with Gasteiger partial charge < -0.3 is 26.8 Å². The molecule has 0 fully saturated rings. The maximum Gasteiger partial charge on any atom is 0.166 e. The zero-order valence-electron chi connectivity index (χ0n) is 8.04. The molecule has 1 heterocycles. The predicted molar refractivity (Wildman–Crippen MR) is 53.5 cm³/mol. The summed E-state index contributed by atoms with van der Waals surface area (Å²) in [6, 6.07) is 0. The number of nitrogen functional groups attached to an aromatic ring is 2. The lowest BCUT2D eigenvalue weighted by Crippen LogP contribution is -2.21. The Bertz CT molecular complexity index is 334. The van der Waals surface area contributed by atoms with Gasteiger partial charge in [-0.15, -0.1) is 0 Å². The van der Waals surface area contributed by atoms with Crippen molar-refractivity contribution in [3.05, 3.63) is 11.9 Å². The number of rotatable bonds is 4. The van der Waals surface area contributed by atoms with Gasteiger partial charge in [0.15, 0.2) is 11.6 Å². The summed E-state index contributed by atoms with van der Waals surface area (Å²) in [7, 11) is 0. The minimum Gasteiger partial charge on any atom is -0.396 e. The van der Waals surface area contributed by atoms with Gasteiger partial charge in [0.25, 0.3) is 0 Å². The van der Waals surface area contributed by atoms with Gasteiger partial charge in [0.1, 0.15) is 6.10 Å². The first-order valence-corrected chi connectivity index (χ1v) is 4.41. The largest absolute Gasteiger partial charge is 0.396 e. The van der Waals surface area contributed by atoms with Crippen molar-refractivity contribution >= 4 is 11.6 Å². The van der Waals surface area contributed by atoms with E-state index < -0.39 is 12.2 Å². The van der Waals surface area contributed by atoms with Crippen LogP contribution in [0.4, 0.5) is 11.6 Å². The number of nitrogens with two attached hydrogens (primary N) is 2. The number of hydrogen-bond acceptors (Lipinski definition) is 7. The number of nitrogens with zero attached hydrogens (tertiary/aromatic N) is 2. The van der Waals surface area contributed by atoms with Crippen LogP contribution in [0.2, 0.25) is 0 Å². The summed E-state index contributed by atoms with van der Waals surface area (Å²) in [6.45, 7) is -0.226. The van der Waals surface area contributed by atoms with Crippen LogP contribution in [0.25, 0.3) is 0 Å². The molecular formula is C8H14N4O3. The van der Waals surface area contributed by atoms with E-state index in [0.29, 0.717) is 0 Å². The summed E-state index contributed by atoms with van der Waals surface area (Å²) in [5.74, 6) is 0.0744. The fourth-order valence-electron chi connectivity index (χ4n) is 1.06. The Morgan fingerprint density at radius 1 is 1.27 bits per heavy atom. The van der Waals surface area contributed by atoms with Crippen LogP contribution in [0.5, 0.6) is 0 Å². The quantitative estimate of drug-likeness (QED) is 0.407. The Morgan fingerprint density at radius 2 is 1.93 bits per heavy atom. The van der Waals surface area contributed by atoms with Gasteiger partial charge in [0.2, 0.25) is 0 Å². The number of hydrogen-bond donors (Lipinski definition) is 5. The normalized spacial score (nSPS) is 14.9. The third kappa shape index (κ3) is 2.75. The van der Waals surface area contributed by atoms with Crippen molar-refractivity contribution in [1.82, 2.24) is 9.97 Å². The molecule has 0 bridgehead atoms. The van der Waals surface area contributed by atoms with Crippen molar-refractivity contribution in [3.8, 4) is 0 Å². The van der Waals surface area contributed by atoms with Crippen LogP contribution in [0.15, 0.2) is 6.20 Å². The molecule has 2 unspecified atom stereocenters. The molecule has 0 radical (unpaired) electrons. The van der Waals surface area contributed by atoms with Gasteiger partial charge >= 0.3 is 0 Å². The van der Waals surface area contributed by atoms with Crippen LogP contribution in [-0.2, 0) is 0 Å². The van der Waals surface area contributed by atoms with E-state index in [0.717, 1.165) is 0 Å². The van der Waals surface area contributed by atoms with Crippen LogP contribution in [-0.4, -0.2) is 38.0 Å². The number of aliphatic hydroxyl groups is 3. The van der Waals surface area contributed by atoms with Crippen molar-refractivity contribution in [3.63, 3.8) is 0 Å². The smallest absolute Gasteiger partial charge is 0.166 e. The summed E-state index contributed by atoms with van der Waals surface area (Å²) in [5, 5.41) is 27.5. The lowest BCUT2D eigenvalue weighted by Gasteiger charge is -2.16. The molecule has 0 aliphatic carbocycles. The molecular weight excluding hydrogens is 200 g/mol. The second-order valence-corrected chi connectivity index (χ2v) is 3.09. The van der Waals surface area contributed by atoms with Crippen LogP contribution >= 0.6 is 0 Å². The van der Waals surface area contributed by atoms with E-state index in [-0.39, 0.29) is 30.4 Å². The summed E-state index contributed by atoms with van der Waals surface area (Å²) in [6.07, 6.45) is -1.05. The topological polar surface area (TPSA) is 139 Å². The van der Waals surface area contributed by atoms with E-state index in [1.165, 1.54) is 6.20 Å². The maximum atomic E-state index is 9.58. The summed E-state index contributed by atoms with van der Waals surface area (Å²) in [4.78, 5) is 7.47. The molecule has 0 aliphatic rings. The van der Waals surface area contributed by atoms with Crippen LogP contribution in [0.3, 0.4) is 0 Å². The van der Waals surface area contributed by atoms with E-state index in [4.69, 9.17) is 16.6 Å². The first-order valence-electron chi connectivity index (χ1n) is 4.41. The van der Waals surface area contributed by atoms with Crippen molar-refractivity contribution in [1.29, 1.82) is 0 Å². The minimum absolute atomic E-state index is 0.00254. The van der Waals surface area contributed by atoms with Gasteiger partial charge in [-0.3, -0.25) is 0 Å². The minimum atomic E-state index is -1.23. The van der Waals surface area contributed by atoms with E-state index >= 15 is 0 Å². The van der Waals surface area contributed by atoms with Crippen molar-refractivity contribution in [2.45, 2.75) is 18.6 Å².